The van der Waals surface area contributed by atoms with Crippen molar-refractivity contribution in [3.63, 3.8) is 0 Å². The van der Waals surface area contributed by atoms with Gasteiger partial charge in [0.25, 0.3) is 0 Å². The Hall–Kier alpha value is -1.80. The summed E-state index contributed by atoms with van der Waals surface area (Å²) in [7, 11) is 1.99. The van der Waals surface area contributed by atoms with Crippen molar-refractivity contribution in [2.45, 2.75) is 6.10 Å². The van der Waals surface area contributed by atoms with Gasteiger partial charge in [-0.2, -0.15) is 0 Å². The second-order valence-electron chi connectivity index (χ2n) is 4.14. The van der Waals surface area contributed by atoms with Crippen LogP contribution >= 0.6 is 0 Å². The Morgan fingerprint density at radius 1 is 0.941 bits per heavy atom. The molecule has 2 aromatic rings. The van der Waals surface area contributed by atoms with E-state index >= 15 is 0 Å². The lowest BCUT2D eigenvalue weighted by Gasteiger charge is -2.22. The number of benzene rings is 2. The maximum absolute atomic E-state index is 10.1. The van der Waals surface area contributed by atoms with Crippen LogP contribution < -0.4 is 4.90 Å². The minimum absolute atomic E-state index is 0.457. The third-order valence-corrected chi connectivity index (χ3v) is 2.83. The number of likely N-dealkylation sites (N-methyl/N-ethyl adjacent to an activating group) is 1. The van der Waals surface area contributed by atoms with Gasteiger partial charge in [0.1, 0.15) is 0 Å². The first-order chi connectivity index (χ1) is 8.27. The molecule has 0 aliphatic heterocycles. The largest absolute Gasteiger partial charge is 0.387 e. The highest BCUT2D eigenvalue weighted by Crippen LogP contribution is 2.17. The molecule has 88 valence electrons. The molecule has 0 aromatic heterocycles. The van der Waals surface area contributed by atoms with Crippen LogP contribution in [0.2, 0.25) is 0 Å². The predicted octanol–water partition coefficient (Wildman–Crippen LogP) is 2.86. The van der Waals surface area contributed by atoms with E-state index in [2.05, 4.69) is 4.90 Å². The SMILES string of the molecule is CN(CC(O)c1ccccc1)c1ccccc1. The van der Waals surface area contributed by atoms with Gasteiger partial charge in [-0.15, -0.1) is 0 Å². The number of aliphatic hydroxyl groups is 1. The van der Waals surface area contributed by atoms with Gasteiger partial charge in [-0.3, -0.25) is 0 Å². The molecule has 0 radical (unpaired) electrons. The summed E-state index contributed by atoms with van der Waals surface area (Å²) in [5.74, 6) is 0. The molecule has 0 aliphatic rings. The van der Waals surface area contributed by atoms with Crippen LogP contribution in [0.25, 0.3) is 0 Å². The zero-order valence-corrected chi connectivity index (χ0v) is 9.95. The van der Waals surface area contributed by atoms with Gasteiger partial charge in [0.15, 0.2) is 0 Å². The molecule has 0 fully saturated rings. The molecular formula is C15H17NO. The van der Waals surface area contributed by atoms with Crippen LogP contribution in [0.1, 0.15) is 11.7 Å². The van der Waals surface area contributed by atoms with Crippen molar-refractivity contribution in [3.05, 3.63) is 66.2 Å². The normalized spacial score (nSPS) is 12.1. The zero-order chi connectivity index (χ0) is 12.1. The molecule has 1 unspecified atom stereocenters. The fourth-order valence-corrected chi connectivity index (χ4v) is 1.83. The van der Waals surface area contributed by atoms with Crippen LogP contribution in [-0.2, 0) is 0 Å². The topological polar surface area (TPSA) is 23.5 Å². The van der Waals surface area contributed by atoms with E-state index in [1.54, 1.807) is 0 Å². The number of rotatable bonds is 4. The molecule has 2 nitrogen and oxygen atoms in total. The standard InChI is InChI=1S/C15H17NO/c1-16(14-10-6-3-7-11-14)12-15(17)13-8-4-2-5-9-13/h2-11,15,17H,12H2,1H3. The summed E-state index contributed by atoms with van der Waals surface area (Å²) in [4.78, 5) is 2.05. The Morgan fingerprint density at radius 3 is 2.06 bits per heavy atom. The van der Waals surface area contributed by atoms with E-state index < -0.39 is 6.10 Å². The summed E-state index contributed by atoms with van der Waals surface area (Å²) in [6.45, 7) is 0.591. The first-order valence-electron chi connectivity index (χ1n) is 5.76. The Labute approximate surface area is 102 Å². The molecule has 0 spiro atoms. The third-order valence-electron chi connectivity index (χ3n) is 2.83. The van der Waals surface area contributed by atoms with Gasteiger partial charge in [-0.1, -0.05) is 48.5 Å². The summed E-state index contributed by atoms with van der Waals surface area (Å²) in [5.41, 5.74) is 2.07. The first-order valence-corrected chi connectivity index (χ1v) is 5.76. The molecule has 2 heteroatoms. The molecule has 0 heterocycles. The summed E-state index contributed by atoms with van der Waals surface area (Å²) in [6, 6.07) is 19.8. The lowest BCUT2D eigenvalue weighted by atomic mass is 10.1. The molecule has 1 N–H and O–H groups in total. The number of hydrogen-bond acceptors (Lipinski definition) is 2. The summed E-state index contributed by atoms with van der Waals surface area (Å²) < 4.78 is 0. The van der Waals surface area contributed by atoms with Crippen LogP contribution in [0.4, 0.5) is 5.69 Å². The Kier molecular flexibility index (Phi) is 3.78. The van der Waals surface area contributed by atoms with Crippen molar-refractivity contribution in [2.75, 3.05) is 18.5 Å². The predicted molar refractivity (Wildman–Crippen MR) is 71.1 cm³/mol. The molecule has 0 amide bonds. The molecule has 2 aromatic carbocycles. The van der Waals surface area contributed by atoms with Crippen molar-refractivity contribution >= 4 is 5.69 Å². The molecule has 0 saturated carbocycles. The number of nitrogens with zero attached hydrogens (tertiary/aromatic N) is 1. The van der Waals surface area contributed by atoms with E-state index in [1.165, 1.54) is 0 Å². The van der Waals surface area contributed by atoms with E-state index in [9.17, 15) is 5.11 Å². The van der Waals surface area contributed by atoms with Crippen LogP contribution in [0.5, 0.6) is 0 Å². The van der Waals surface area contributed by atoms with Crippen molar-refractivity contribution in [2.24, 2.45) is 0 Å². The monoisotopic (exact) mass is 227 g/mol. The summed E-state index contributed by atoms with van der Waals surface area (Å²) in [5, 5.41) is 10.1. The summed E-state index contributed by atoms with van der Waals surface area (Å²) in [6.07, 6.45) is -0.457. The van der Waals surface area contributed by atoms with Crippen molar-refractivity contribution in [1.82, 2.24) is 0 Å². The maximum atomic E-state index is 10.1. The van der Waals surface area contributed by atoms with Crippen molar-refractivity contribution < 1.29 is 5.11 Å². The number of aliphatic hydroxyl groups excluding tert-OH is 1. The molecule has 1 atom stereocenters. The molecule has 2 rings (SSSR count). The smallest absolute Gasteiger partial charge is 0.0964 e. The van der Waals surface area contributed by atoms with Crippen LogP contribution in [0.15, 0.2) is 60.7 Å². The van der Waals surface area contributed by atoms with Gasteiger partial charge in [0.05, 0.1) is 6.10 Å². The van der Waals surface area contributed by atoms with Gasteiger partial charge in [-0.05, 0) is 17.7 Å². The number of anilines is 1. The highest BCUT2D eigenvalue weighted by Gasteiger charge is 2.10. The van der Waals surface area contributed by atoms with Gasteiger partial charge in [-0.25, -0.2) is 0 Å². The highest BCUT2D eigenvalue weighted by atomic mass is 16.3. The van der Waals surface area contributed by atoms with Crippen LogP contribution in [0.3, 0.4) is 0 Å². The van der Waals surface area contributed by atoms with Gasteiger partial charge < -0.3 is 10.0 Å². The molecular weight excluding hydrogens is 210 g/mol. The average molecular weight is 227 g/mol. The van der Waals surface area contributed by atoms with E-state index in [1.807, 2.05) is 67.7 Å². The molecule has 0 bridgehead atoms. The summed E-state index contributed by atoms with van der Waals surface area (Å²) >= 11 is 0. The van der Waals surface area contributed by atoms with E-state index in [-0.39, 0.29) is 0 Å². The van der Waals surface area contributed by atoms with Crippen LogP contribution in [0, 0.1) is 0 Å². The van der Waals surface area contributed by atoms with E-state index in [0.717, 1.165) is 11.3 Å². The first kappa shape index (κ1) is 11.7. The van der Waals surface area contributed by atoms with E-state index in [0.29, 0.717) is 6.54 Å². The van der Waals surface area contributed by atoms with Gasteiger partial charge in [0.2, 0.25) is 0 Å². The Balaban J connectivity index is 2.02. The third kappa shape index (κ3) is 3.08. The van der Waals surface area contributed by atoms with E-state index in [4.69, 9.17) is 0 Å². The Morgan fingerprint density at radius 2 is 1.47 bits per heavy atom. The number of hydrogen-bond donors (Lipinski definition) is 1. The van der Waals surface area contributed by atoms with Crippen LogP contribution in [-0.4, -0.2) is 18.7 Å². The van der Waals surface area contributed by atoms with Crippen molar-refractivity contribution in [3.8, 4) is 0 Å². The minimum Gasteiger partial charge on any atom is -0.387 e. The molecule has 17 heavy (non-hydrogen) atoms. The second kappa shape index (κ2) is 5.51. The fraction of sp³-hybridized carbons (Fsp3) is 0.200. The van der Waals surface area contributed by atoms with Crippen molar-refractivity contribution in [1.29, 1.82) is 0 Å². The highest BCUT2D eigenvalue weighted by molar-refractivity contribution is 5.45. The lowest BCUT2D eigenvalue weighted by Crippen LogP contribution is -2.23. The Bertz CT molecular complexity index is 397. The maximum Gasteiger partial charge on any atom is 0.0964 e. The molecule has 0 aliphatic carbocycles. The lowest BCUT2D eigenvalue weighted by molar-refractivity contribution is 0.185. The minimum atomic E-state index is -0.457. The quantitative estimate of drug-likeness (QED) is 0.868. The van der Waals surface area contributed by atoms with Gasteiger partial charge >= 0.3 is 0 Å². The number of para-hydroxylation sites is 1. The molecule has 0 saturated heterocycles. The zero-order valence-electron chi connectivity index (χ0n) is 9.95. The average Bonchev–Trinajstić information content (AvgIpc) is 2.40. The fourth-order valence-electron chi connectivity index (χ4n) is 1.83. The second-order valence-corrected chi connectivity index (χ2v) is 4.14. The van der Waals surface area contributed by atoms with Gasteiger partial charge in [0, 0.05) is 19.3 Å².